The summed E-state index contributed by atoms with van der Waals surface area (Å²) in [5.41, 5.74) is 1.17. The number of aliphatic hydroxyl groups excluding tert-OH is 1. The molecule has 0 aliphatic heterocycles. The van der Waals surface area contributed by atoms with Crippen LogP contribution in [0.5, 0.6) is 5.75 Å². The lowest BCUT2D eigenvalue weighted by Crippen LogP contribution is -2.32. The molecule has 112 valence electrons. The molecule has 1 unspecified atom stereocenters. The van der Waals surface area contributed by atoms with Crippen molar-refractivity contribution in [2.24, 2.45) is 5.92 Å². The number of benzene rings is 1. The molecule has 1 saturated carbocycles. The number of hydrogen-bond acceptors (Lipinski definition) is 3. The average molecular weight is 277 g/mol. The van der Waals surface area contributed by atoms with Crippen molar-refractivity contribution in [3.8, 4) is 5.75 Å². The normalized spacial score (nSPS) is 17.3. The van der Waals surface area contributed by atoms with Gasteiger partial charge in [0.1, 0.15) is 18.5 Å². The zero-order valence-electron chi connectivity index (χ0n) is 12.5. The third-order valence-electron chi connectivity index (χ3n) is 4.02. The molecule has 1 atom stereocenters. The molecule has 0 bridgehead atoms. The van der Waals surface area contributed by atoms with E-state index in [9.17, 15) is 5.11 Å². The molecule has 1 aliphatic rings. The molecular formula is C17H27NO2. The molecule has 1 fully saturated rings. The van der Waals surface area contributed by atoms with Crippen LogP contribution in [-0.4, -0.2) is 30.9 Å². The molecule has 0 heterocycles. The Balaban J connectivity index is 1.54. The zero-order chi connectivity index (χ0) is 14.2. The van der Waals surface area contributed by atoms with E-state index < -0.39 is 6.10 Å². The third-order valence-corrected chi connectivity index (χ3v) is 4.02. The van der Waals surface area contributed by atoms with Gasteiger partial charge >= 0.3 is 0 Å². The fourth-order valence-corrected chi connectivity index (χ4v) is 2.83. The lowest BCUT2D eigenvalue weighted by atomic mass is 10.0. The Labute approximate surface area is 122 Å². The average Bonchev–Trinajstić information content (AvgIpc) is 2.95. The largest absolute Gasteiger partial charge is 0.491 e. The van der Waals surface area contributed by atoms with E-state index in [2.05, 4.69) is 5.32 Å². The molecule has 2 rings (SSSR count). The van der Waals surface area contributed by atoms with Gasteiger partial charge in [-0.1, -0.05) is 37.8 Å². The third kappa shape index (κ3) is 5.51. The van der Waals surface area contributed by atoms with Gasteiger partial charge < -0.3 is 15.2 Å². The van der Waals surface area contributed by atoms with Gasteiger partial charge in [-0.15, -0.1) is 0 Å². The molecule has 0 amide bonds. The summed E-state index contributed by atoms with van der Waals surface area (Å²) in [6.07, 6.45) is 6.38. The van der Waals surface area contributed by atoms with Gasteiger partial charge in [-0.25, -0.2) is 0 Å². The molecule has 0 radical (unpaired) electrons. The van der Waals surface area contributed by atoms with Crippen molar-refractivity contribution in [1.29, 1.82) is 0 Å². The van der Waals surface area contributed by atoms with E-state index in [1.807, 2.05) is 31.2 Å². The summed E-state index contributed by atoms with van der Waals surface area (Å²) >= 11 is 0. The second-order valence-electron chi connectivity index (χ2n) is 5.92. The fraction of sp³-hybridized carbons (Fsp3) is 0.647. The molecule has 1 aromatic rings. The summed E-state index contributed by atoms with van der Waals surface area (Å²) in [5, 5.41) is 13.2. The van der Waals surface area contributed by atoms with Crippen LogP contribution in [0.15, 0.2) is 24.3 Å². The molecule has 3 nitrogen and oxygen atoms in total. The van der Waals surface area contributed by atoms with Crippen LogP contribution in [0.3, 0.4) is 0 Å². The molecule has 0 aromatic heterocycles. The zero-order valence-corrected chi connectivity index (χ0v) is 12.5. The van der Waals surface area contributed by atoms with Crippen molar-refractivity contribution in [1.82, 2.24) is 5.32 Å². The Kier molecular flexibility index (Phi) is 6.34. The predicted octanol–water partition coefficient (Wildman–Crippen LogP) is 2.90. The first-order chi connectivity index (χ1) is 9.74. The molecule has 20 heavy (non-hydrogen) atoms. The minimum atomic E-state index is -0.445. The van der Waals surface area contributed by atoms with Gasteiger partial charge in [0.05, 0.1) is 0 Å². The first-order valence-corrected chi connectivity index (χ1v) is 7.82. The summed E-state index contributed by atoms with van der Waals surface area (Å²) in [6.45, 7) is 4.00. The molecule has 3 heteroatoms. The van der Waals surface area contributed by atoms with Crippen LogP contribution in [-0.2, 0) is 0 Å². The van der Waals surface area contributed by atoms with Crippen LogP contribution in [0.1, 0.15) is 37.7 Å². The van der Waals surface area contributed by atoms with Gasteiger partial charge in [-0.3, -0.25) is 0 Å². The topological polar surface area (TPSA) is 41.5 Å². The van der Waals surface area contributed by atoms with Crippen LogP contribution in [0.25, 0.3) is 0 Å². The van der Waals surface area contributed by atoms with E-state index in [4.69, 9.17) is 4.74 Å². The van der Waals surface area contributed by atoms with Gasteiger partial charge in [0, 0.05) is 6.54 Å². The highest BCUT2D eigenvalue weighted by atomic mass is 16.5. The van der Waals surface area contributed by atoms with E-state index in [1.54, 1.807) is 0 Å². The SMILES string of the molecule is Cc1cccc(OCC(O)CNCCC2CCCC2)c1. The highest BCUT2D eigenvalue weighted by Crippen LogP contribution is 2.26. The van der Waals surface area contributed by atoms with Gasteiger partial charge in [0.2, 0.25) is 0 Å². The first-order valence-electron chi connectivity index (χ1n) is 7.82. The number of aliphatic hydroxyl groups is 1. The van der Waals surface area contributed by atoms with Crippen molar-refractivity contribution >= 4 is 0 Å². The van der Waals surface area contributed by atoms with Crippen LogP contribution >= 0.6 is 0 Å². The van der Waals surface area contributed by atoms with Crippen molar-refractivity contribution < 1.29 is 9.84 Å². The maximum absolute atomic E-state index is 9.88. The van der Waals surface area contributed by atoms with E-state index >= 15 is 0 Å². The number of aryl methyl sites for hydroxylation is 1. The van der Waals surface area contributed by atoms with Crippen LogP contribution in [0.2, 0.25) is 0 Å². The maximum Gasteiger partial charge on any atom is 0.119 e. The van der Waals surface area contributed by atoms with Crippen LogP contribution in [0.4, 0.5) is 0 Å². The number of nitrogens with one attached hydrogen (secondary N) is 1. The summed E-state index contributed by atoms with van der Waals surface area (Å²) < 4.78 is 5.59. The number of rotatable bonds is 8. The summed E-state index contributed by atoms with van der Waals surface area (Å²) in [7, 11) is 0. The van der Waals surface area contributed by atoms with Crippen LogP contribution in [0, 0.1) is 12.8 Å². The van der Waals surface area contributed by atoms with E-state index in [1.165, 1.54) is 37.7 Å². The molecular weight excluding hydrogens is 250 g/mol. The number of hydrogen-bond donors (Lipinski definition) is 2. The monoisotopic (exact) mass is 277 g/mol. The van der Waals surface area contributed by atoms with Crippen LogP contribution < -0.4 is 10.1 Å². The molecule has 0 spiro atoms. The summed E-state index contributed by atoms with van der Waals surface area (Å²) in [4.78, 5) is 0. The van der Waals surface area contributed by atoms with Gasteiger partial charge in [0.15, 0.2) is 0 Å². The van der Waals surface area contributed by atoms with Crippen molar-refractivity contribution in [3.05, 3.63) is 29.8 Å². The predicted molar refractivity (Wildman–Crippen MR) is 82.1 cm³/mol. The van der Waals surface area contributed by atoms with Gasteiger partial charge in [-0.05, 0) is 43.5 Å². The second kappa shape index (κ2) is 8.28. The highest BCUT2D eigenvalue weighted by Gasteiger charge is 2.14. The van der Waals surface area contributed by atoms with Crippen molar-refractivity contribution in [3.63, 3.8) is 0 Å². The maximum atomic E-state index is 9.88. The summed E-state index contributed by atoms with van der Waals surface area (Å²) in [5.74, 6) is 1.73. The van der Waals surface area contributed by atoms with Crippen molar-refractivity contribution in [2.75, 3.05) is 19.7 Å². The minimum Gasteiger partial charge on any atom is -0.491 e. The Morgan fingerprint density at radius 2 is 2.15 bits per heavy atom. The van der Waals surface area contributed by atoms with E-state index in [-0.39, 0.29) is 0 Å². The van der Waals surface area contributed by atoms with Gasteiger partial charge in [-0.2, -0.15) is 0 Å². The fourth-order valence-electron chi connectivity index (χ4n) is 2.83. The lowest BCUT2D eigenvalue weighted by Gasteiger charge is -2.14. The smallest absolute Gasteiger partial charge is 0.119 e. The van der Waals surface area contributed by atoms with Gasteiger partial charge in [0.25, 0.3) is 0 Å². The van der Waals surface area contributed by atoms with E-state index in [0.29, 0.717) is 13.2 Å². The standard InChI is InChI=1S/C17H27NO2/c1-14-5-4-8-17(11-14)20-13-16(19)12-18-10-9-15-6-2-3-7-15/h4-5,8,11,15-16,18-19H,2-3,6-7,9-10,12-13H2,1H3. The first kappa shape index (κ1) is 15.3. The minimum absolute atomic E-state index is 0.347. The molecule has 0 saturated heterocycles. The quantitative estimate of drug-likeness (QED) is 0.718. The highest BCUT2D eigenvalue weighted by molar-refractivity contribution is 5.27. The van der Waals surface area contributed by atoms with Crippen molar-refractivity contribution in [2.45, 2.75) is 45.1 Å². The molecule has 1 aromatic carbocycles. The number of ether oxygens (including phenoxy) is 1. The molecule has 2 N–H and O–H groups in total. The van der Waals surface area contributed by atoms with E-state index in [0.717, 1.165) is 18.2 Å². The Hall–Kier alpha value is -1.06. The Morgan fingerprint density at radius 1 is 1.35 bits per heavy atom. The summed E-state index contributed by atoms with van der Waals surface area (Å²) in [6, 6.07) is 7.91. The Morgan fingerprint density at radius 3 is 2.90 bits per heavy atom. The second-order valence-corrected chi connectivity index (χ2v) is 5.92. The Bertz CT molecular complexity index is 388. The lowest BCUT2D eigenvalue weighted by molar-refractivity contribution is 0.106. The molecule has 1 aliphatic carbocycles.